The predicted molar refractivity (Wildman–Crippen MR) is 184 cm³/mol. The van der Waals surface area contributed by atoms with E-state index in [9.17, 15) is 9.59 Å². The van der Waals surface area contributed by atoms with Crippen molar-refractivity contribution in [2.75, 3.05) is 20.8 Å². The lowest BCUT2D eigenvalue weighted by Gasteiger charge is -2.27. The maximum absolute atomic E-state index is 14.2. The van der Waals surface area contributed by atoms with E-state index in [4.69, 9.17) is 47.1 Å². The Morgan fingerprint density at radius 3 is 2.52 bits per heavy atom. The second-order valence-corrected chi connectivity index (χ2v) is 12.9. The lowest BCUT2D eigenvalue weighted by molar-refractivity contribution is -0.139. The van der Waals surface area contributed by atoms with Crippen LogP contribution in [0.25, 0.3) is 6.08 Å². The first kappa shape index (κ1) is 33.8. The average Bonchev–Trinajstić information content (AvgIpc) is 3.34. The third kappa shape index (κ3) is 6.90. The number of allylic oxidation sites excluding steroid dienone is 1. The Balaban J connectivity index is 1.65. The quantitative estimate of drug-likeness (QED) is 0.151. The molecule has 1 aliphatic rings. The second kappa shape index (κ2) is 14.9. The van der Waals surface area contributed by atoms with Gasteiger partial charge in [0, 0.05) is 21.2 Å². The third-order valence-electron chi connectivity index (χ3n) is 7.26. The summed E-state index contributed by atoms with van der Waals surface area (Å²) in [5.74, 6) is 0.899. The van der Waals surface area contributed by atoms with Crippen molar-refractivity contribution in [3.63, 3.8) is 0 Å². The molecule has 0 spiro atoms. The van der Waals surface area contributed by atoms with Gasteiger partial charge in [0.15, 0.2) is 16.3 Å². The zero-order chi connectivity index (χ0) is 33.0. The van der Waals surface area contributed by atoms with Gasteiger partial charge >= 0.3 is 5.97 Å². The van der Waals surface area contributed by atoms with Gasteiger partial charge in [-0.15, -0.1) is 0 Å². The summed E-state index contributed by atoms with van der Waals surface area (Å²) in [7, 11) is 3.08. The number of carbonyl (C=O) groups is 1. The van der Waals surface area contributed by atoms with E-state index in [1.807, 2.05) is 31.2 Å². The van der Waals surface area contributed by atoms with Crippen LogP contribution in [0.3, 0.4) is 0 Å². The summed E-state index contributed by atoms with van der Waals surface area (Å²) in [6.45, 7) is 4.15. The number of esters is 1. The molecule has 240 valence electrons. The van der Waals surface area contributed by atoms with Gasteiger partial charge in [-0.05, 0) is 77.3 Å². The molecule has 12 heteroatoms. The molecular formula is C34H31BrCl2N2O6S. The van der Waals surface area contributed by atoms with Crippen molar-refractivity contribution in [1.82, 2.24) is 4.57 Å². The van der Waals surface area contributed by atoms with Crippen molar-refractivity contribution >= 4 is 62.5 Å². The smallest absolute Gasteiger partial charge is 0.338 e. The van der Waals surface area contributed by atoms with Crippen molar-refractivity contribution in [1.29, 1.82) is 0 Å². The predicted octanol–water partition coefficient (Wildman–Crippen LogP) is 7.24. The van der Waals surface area contributed by atoms with E-state index in [1.165, 1.54) is 23.0 Å². The highest BCUT2D eigenvalue weighted by Gasteiger charge is 2.36. The molecule has 5 rings (SSSR count). The number of hydrogen-bond donors (Lipinski definition) is 0. The Labute approximate surface area is 288 Å². The third-order valence-corrected chi connectivity index (χ3v) is 9.43. The number of carbonyl (C=O) groups excluding carboxylic acids is 1. The molecule has 4 aromatic rings. The van der Waals surface area contributed by atoms with Gasteiger partial charge in [0.2, 0.25) is 0 Å². The number of aromatic nitrogens is 1. The van der Waals surface area contributed by atoms with Crippen LogP contribution in [0.4, 0.5) is 0 Å². The molecule has 0 aliphatic carbocycles. The van der Waals surface area contributed by atoms with E-state index in [-0.39, 0.29) is 24.3 Å². The number of halogens is 3. The molecule has 8 nitrogen and oxygen atoms in total. The fourth-order valence-corrected chi connectivity index (χ4v) is 7.18. The molecule has 0 N–H and O–H groups in total. The maximum atomic E-state index is 14.2. The zero-order valence-corrected chi connectivity index (χ0v) is 29.5. The molecule has 0 bridgehead atoms. The van der Waals surface area contributed by atoms with Crippen LogP contribution in [0.5, 0.6) is 17.2 Å². The van der Waals surface area contributed by atoms with Gasteiger partial charge < -0.3 is 18.9 Å². The lowest BCUT2D eigenvalue weighted by atomic mass is 9.93. The van der Waals surface area contributed by atoms with Crippen molar-refractivity contribution in [2.45, 2.75) is 39.3 Å². The van der Waals surface area contributed by atoms with Gasteiger partial charge in [-0.2, -0.15) is 0 Å². The molecule has 0 saturated heterocycles. The molecule has 1 aliphatic heterocycles. The number of ether oxygens (including phenoxy) is 4. The minimum absolute atomic E-state index is 0.167. The Bertz CT molecular complexity index is 2010. The molecule has 0 amide bonds. The Morgan fingerprint density at radius 2 is 1.83 bits per heavy atom. The Hall–Kier alpha value is -3.57. The number of benzene rings is 3. The van der Waals surface area contributed by atoms with E-state index in [0.29, 0.717) is 64.3 Å². The van der Waals surface area contributed by atoms with Crippen molar-refractivity contribution in [3.05, 3.63) is 117 Å². The van der Waals surface area contributed by atoms with Crippen molar-refractivity contribution < 1.29 is 23.7 Å². The van der Waals surface area contributed by atoms with E-state index >= 15 is 0 Å². The van der Waals surface area contributed by atoms with Crippen LogP contribution < -0.4 is 29.1 Å². The number of rotatable bonds is 11. The average molecular weight is 747 g/mol. The normalized spacial score (nSPS) is 14.5. The van der Waals surface area contributed by atoms with Gasteiger partial charge in [-0.3, -0.25) is 9.36 Å². The molecule has 0 fully saturated rings. The van der Waals surface area contributed by atoms with Gasteiger partial charge in [-0.1, -0.05) is 66.1 Å². The molecule has 2 heterocycles. The first-order valence-electron chi connectivity index (χ1n) is 14.5. The minimum atomic E-state index is -0.866. The number of nitrogens with zero attached hydrogens (tertiary/aromatic N) is 2. The SMILES string of the molecule is CCCC1=C(C(=O)OCC)[C@H](c2cc(Cl)ccc2OC)n2c(s/c(=C/c3cc(Br)c(OCc4ccccc4Cl)c(OC)c3)c2=O)=N1. The van der Waals surface area contributed by atoms with Gasteiger partial charge in [0.1, 0.15) is 18.4 Å². The topological polar surface area (TPSA) is 88.4 Å². The monoisotopic (exact) mass is 744 g/mol. The maximum Gasteiger partial charge on any atom is 0.338 e. The number of methoxy groups -OCH3 is 2. The van der Waals surface area contributed by atoms with Gasteiger partial charge in [-0.25, -0.2) is 9.79 Å². The van der Waals surface area contributed by atoms with Crippen LogP contribution in [0.2, 0.25) is 10.0 Å². The highest BCUT2D eigenvalue weighted by atomic mass is 79.9. The minimum Gasteiger partial charge on any atom is -0.496 e. The lowest BCUT2D eigenvalue weighted by Crippen LogP contribution is -2.40. The zero-order valence-electron chi connectivity index (χ0n) is 25.6. The van der Waals surface area contributed by atoms with Crippen molar-refractivity contribution in [2.24, 2.45) is 4.99 Å². The van der Waals surface area contributed by atoms with E-state index in [0.717, 1.165) is 12.0 Å². The number of thiazole rings is 1. The largest absolute Gasteiger partial charge is 0.496 e. The molecule has 1 aromatic heterocycles. The number of hydrogen-bond acceptors (Lipinski definition) is 8. The molecule has 0 unspecified atom stereocenters. The Morgan fingerprint density at radius 1 is 1.07 bits per heavy atom. The second-order valence-electron chi connectivity index (χ2n) is 10.2. The summed E-state index contributed by atoms with van der Waals surface area (Å²) in [6, 6.07) is 15.3. The summed E-state index contributed by atoms with van der Waals surface area (Å²) in [6.07, 6.45) is 3.00. The van der Waals surface area contributed by atoms with Gasteiger partial charge in [0.05, 0.1) is 41.1 Å². The molecule has 1 atom stereocenters. The highest BCUT2D eigenvalue weighted by molar-refractivity contribution is 9.10. The standard InChI is InChI=1S/C34H31BrCl2N2O6S/c1-5-9-25-29(33(41)44-6-2)30(22-17-21(36)12-13-26(22)42-3)39-32(40)28(46-34(39)38-25)16-19-14-23(35)31(27(15-19)43-4)45-18-20-10-7-8-11-24(20)37/h7-8,10-17,30H,5-6,9,18H2,1-4H3/b28-16+/t30-/m0/s1. The van der Waals surface area contributed by atoms with Crippen LogP contribution in [0.1, 0.15) is 49.4 Å². The van der Waals surface area contributed by atoms with Gasteiger partial charge in [0.25, 0.3) is 5.56 Å². The molecule has 0 radical (unpaired) electrons. The first-order chi connectivity index (χ1) is 22.2. The summed E-state index contributed by atoms with van der Waals surface area (Å²) in [5, 5.41) is 1.04. The molecule has 46 heavy (non-hydrogen) atoms. The van der Waals surface area contributed by atoms with Crippen LogP contribution in [-0.4, -0.2) is 31.4 Å². The van der Waals surface area contributed by atoms with E-state index < -0.39 is 12.0 Å². The highest BCUT2D eigenvalue weighted by Crippen LogP contribution is 2.39. The molecule has 0 saturated carbocycles. The summed E-state index contributed by atoms with van der Waals surface area (Å²) < 4.78 is 25.5. The summed E-state index contributed by atoms with van der Waals surface area (Å²) in [5.41, 5.74) is 2.59. The summed E-state index contributed by atoms with van der Waals surface area (Å²) in [4.78, 5) is 33.0. The fraction of sp³-hybridized carbons (Fsp3) is 0.265. The van der Waals surface area contributed by atoms with E-state index in [1.54, 1.807) is 50.4 Å². The first-order valence-corrected chi connectivity index (χ1v) is 16.9. The van der Waals surface area contributed by atoms with E-state index in [2.05, 4.69) is 15.9 Å². The summed E-state index contributed by atoms with van der Waals surface area (Å²) >= 11 is 17.6. The van der Waals surface area contributed by atoms with Crippen molar-refractivity contribution in [3.8, 4) is 17.2 Å². The molecular weight excluding hydrogens is 715 g/mol. The van der Waals surface area contributed by atoms with Crippen LogP contribution >= 0.6 is 50.5 Å². The number of fused-ring (bicyclic) bond motifs is 1. The molecule has 3 aromatic carbocycles. The van der Waals surface area contributed by atoms with Crippen LogP contribution in [-0.2, 0) is 16.1 Å². The van der Waals surface area contributed by atoms with Crippen LogP contribution in [0, 0.1) is 0 Å². The Kier molecular flexibility index (Phi) is 10.9. The van der Waals surface area contributed by atoms with Crippen LogP contribution in [0.15, 0.2) is 80.1 Å². The fourth-order valence-electron chi connectivity index (χ4n) is 5.21.